The minimum atomic E-state index is -0.667. The van der Waals surface area contributed by atoms with Gasteiger partial charge in [0.15, 0.2) is 5.82 Å². The van der Waals surface area contributed by atoms with Gasteiger partial charge in [-0.1, -0.05) is 30.3 Å². The van der Waals surface area contributed by atoms with E-state index >= 15 is 0 Å². The van der Waals surface area contributed by atoms with Gasteiger partial charge in [-0.3, -0.25) is 4.79 Å². The van der Waals surface area contributed by atoms with Crippen molar-refractivity contribution in [3.8, 4) is 23.1 Å². The summed E-state index contributed by atoms with van der Waals surface area (Å²) >= 11 is 0. The molecule has 1 aliphatic heterocycles. The van der Waals surface area contributed by atoms with Crippen molar-refractivity contribution in [1.82, 2.24) is 9.97 Å². The highest BCUT2D eigenvalue weighted by Crippen LogP contribution is 2.36. The number of esters is 1. The van der Waals surface area contributed by atoms with Gasteiger partial charge in [0.1, 0.15) is 6.61 Å². The molecule has 2 aromatic carbocycles. The Morgan fingerprint density at radius 3 is 2.29 bits per heavy atom. The molecule has 0 N–H and O–H groups in total. The number of hydrogen-bond donors (Lipinski definition) is 0. The maximum Gasteiger partial charge on any atom is 0.340 e. The number of carbonyl (C=O) groups is 2. The Morgan fingerprint density at radius 1 is 0.968 bits per heavy atom. The second-order valence-corrected chi connectivity index (χ2v) is 6.75. The van der Waals surface area contributed by atoms with Crippen molar-refractivity contribution in [2.24, 2.45) is 4.99 Å². The number of ketones is 1. The number of nitrogens with zero attached hydrogens (tertiary/aromatic N) is 3. The minimum Gasteiger partial charge on any atom is -0.481 e. The molecular weight excluding hydrogens is 398 g/mol. The molecule has 0 aliphatic carbocycles. The Bertz CT molecular complexity index is 1180. The molecule has 1 aliphatic rings. The maximum absolute atomic E-state index is 13.2. The first kappa shape index (κ1) is 20.2. The summed E-state index contributed by atoms with van der Waals surface area (Å²) in [5, 5.41) is 0. The largest absolute Gasteiger partial charge is 0.481 e. The highest BCUT2D eigenvalue weighted by molar-refractivity contribution is 6.50. The van der Waals surface area contributed by atoms with Gasteiger partial charge in [-0.25, -0.2) is 9.79 Å². The van der Waals surface area contributed by atoms with Crippen LogP contribution in [0, 0.1) is 0 Å². The van der Waals surface area contributed by atoms with Crippen LogP contribution in [0.1, 0.15) is 33.2 Å². The number of methoxy groups -OCH3 is 2. The fraction of sp³-hybridized carbons (Fsp3) is 0.174. The molecule has 31 heavy (non-hydrogen) atoms. The van der Waals surface area contributed by atoms with Crippen LogP contribution in [0.2, 0.25) is 0 Å². The average Bonchev–Trinajstić information content (AvgIpc) is 3.10. The molecule has 3 aromatic rings. The van der Waals surface area contributed by atoms with Gasteiger partial charge in [0.2, 0.25) is 17.5 Å². The van der Waals surface area contributed by atoms with E-state index in [1.165, 1.54) is 20.3 Å². The molecule has 0 amide bonds. The Balaban J connectivity index is 1.82. The SMILES string of the molecule is COc1cc(OC)nc(-c2ccc3c(c2C(=O)OCc2ccccc2)C(=O)C(C)=N3)n1. The highest BCUT2D eigenvalue weighted by atomic mass is 16.5. The number of aliphatic imine (C=N–C) groups is 1. The Kier molecular flexibility index (Phi) is 5.44. The van der Waals surface area contributed by atoms with E-state index in [0.29, 0.717) is 17.0 Å². The van der Waals surface area contributed by atoms with Gasteiger partial charge in [0.25, 0.3) is 0 Å². The van der Waals surface area contributed by atoms with Crippen LogP contribution in [0.3, 0.4) is 0 Å². The number of aromatic nitrogens is 2. The summed E-state index contributed by atoms with van der Waals surface area (Å²) < 4.78 is 16.0. The average molecular weight is 417 g/mol. The van der Waals surface area contributed by atoms with Crippen molar-refractivity contribution in [2.45, 2.75) is 13.5 Å². The lowest BCUT2D eigenvalue weighted by Gasteiger charge is -2.13. The summed E-state index contributed by atoms with van der Waals surface area (Å²) in [6, 6.07) is 14.1. The van der Waals surface area contributed by atoms with Crippen LogP contribution in [0.25, 0.3) is 11.4 Å². The topological polar surface area (TPSA) is 100.0 Å². The number of benzene rings is 2. The first-order chi connectivity index (χ1) is 15.0. The predicted octanol–water partition coefficient (Wildman–Crippen LogP) is 3.81. The molecule has 0 spiro atoms. The summed E-state index contributed by atoms with van der Waals surface area (Å²) in [4.78, 5) is 38.9. The number of Topliss-reactive ketones (excluding diaryl/α,β-unsaturated/α-hetero) is 1. The summed E-state index contributed by atoms with van der Waals surface area (Å²) in [5.41, 5.74) is 2.10. The molecule has 0 saturated heterocycles. The molecule has 1 aromatic heterocycles. The van der Waals surface area contributed by atoms with E-state index in [2.05, 4.69) is 15.0 Å². The van der Waals surface area contributed by atoms with Crippen LogP contribution in [0.4, 0.5) is 5.69 Å². The van der Waals surface area contributed by atoms with Gasteiger partial charge in [0, 0.05) is 5.56 Å². The van der Waals surface area contributed by atoms with Crippen LogP contribution < -0.4 is 9.47 Å². The molecule has 8 heteroatoms. The molecule has 0 atom stereocenters. The maximum atomic E-state index is 13.2. The molecule has 0 saturated carbocycles. The summed E-state index contributed by atoms with van der Waals surface area (Å²) in [7, 11) is 2.92. The second kappa shape index (κ2) is 8.35. The van der Waals surface area contributed by atoms with Crippen molar-refractivity contribution in [1.29, 1.82) is 0 Å². The summed E-state index contributed by atoms with van der Waals surface area (Å²) in [6.07, 6.45) is 0. The summed E-state index contributed by atoms with van der Waals surface area (Å²) in [5.74, 6) is -0.324. The van der Waals surface area contributed by atoms with Gasteiger partial charge in [0.05, 0.1) is 42.8 Å². The molecule has 0 unspecified atom stereocenters. The number of hydrogen-bond acceptors (Lipinski definition) is 8. The fourth-order valence-electron chi connectivity index (χ4n) is 3.25. The lowest BCUT2D eigenvalue weighted by molar-refractivity contribution is 0.0471. The zero-order valence-electron chi connectivity index (χ0n) is 17.2. The van der Waals surface area contributed by atoms with Gasteiger partial charge < -0.3 is 14.2 Å². The third kappa shape index (κ3) is 3.87. The van der Waals surface area contributed by atoms with E-state index < -0.39 is 5.97 Å². The normalized spacial score (nSPS) is 12.2. The Hall–Kier alpha value is -4.07. The first-order valence-corrected chi connectivity index (χ1v) is 9.47. The molecule has 156 valence electrons. The lowest BCUT2D eigenvalue weighted by Crippen LogP contribution is -2.15. The number of rotatable bonds is 6. The predicted molar refractivity (Wildman–Crippen MR) is 113 cm³/mol. The molecule has 8 nitrogen and oxygen atoms in total. The number of fused-ring (bicyclic) bond motifs is 1. The highest BCUT2D eigenvalue weighted by Gasteiger charge is 2.32. The van der Waals surface area contributed by atoms with E-state index in [1.807, 2.05) is 30.3 Å². The van der Waals surface area contributed by atoms with Crippen molar-refractivity contribution >= 4 is 23.2 Å². The van der Waals surface area contributed by atoms with Crippen molar-refractivity contribution in [3.05, 3.63) is 65.2 Å². The van der Waals surface area contributed by atoms with Crippen LogP contribution in [-0.4, -0.2) is 41.7 Å². The van der Waals surface area contributed by atoms with Crippen LogP contribution in [-0.2, 0) is 11.3 Å². The third-order valence-electron chi connectivity index (χ3n) is 4.78. The lowest BCUT2D eigenvalue weighted by atomic mass is 9.96. The smallest absolute Gasteiger partial charge is 0.340 e. The Morgan fingerprint density at radius 2 is 1.65 bits per heavy atom. The fourth-order valence-corrected chi connectivity index (χ4v) is 3.25. The zero-order valence-corrected chi connectivity index (χ0v) is 17.2. The molecule has 0 radical (unpaired) electrons. The number of ether oxygens (including phenoxy) is 3. The Labute approximate surface area is 178 Å². The van der Waals surface area contributed by atoms with E-state index in [-0.39, 0.29) is 41.1 Å². The van der Waals surface area contributed by atoms with E-state index in [1.54, 1.807) is 19.1 Å². The van der Waals surface area contributed by atoms with E-state index in [9.17, 15) is 9.59 Å². The van der Waals surface area contributed by atoms with Crippen LogP contribution in [0.5, 0.6) is 11.8 Å². The molecule has 0 fully saturated rings. The quantitative estimate of drug-likeness (QED) is 0.562. The molecule has 4 rings (SSSR count). The standard InChI is InChI=1S/C23H19N3O5/c1-13-21(27)20-16(24-13)10-9-15(22-25-17(29-2)11-18(26-22)30-3)19(20)23(28)31-12-14-7-5-4-6-8-14/h4-11H,12H2,1-3H3. The van der Waals surface area contributed by atoms with Gasteiger partial charge in [-0.05, 0) is 24.6 Å². The third-order valence-corrected chi connectivity index (χ3v) is 4.78. The minimum absolute atomic E-state index is 0.0547. The van der Waals surface area contributed by atoms with Gasteiger partial charge in [-0.2, -0.15) is 9.97 Å². The van der Waals surface area contributed by atoms with E-state index in [4.69, 9.17) is 14.2 Å². The van der Waals surface area contributed by atoms with Crippen molar-refractivity contribution in [2.75, 3.05) is 14.2 Å². The van der Waals surface area contributed by atoms with E-state index in [0.717, 1.165) is 5.56 Å². The number of carbonyl (C=O) groups excluding carboxylic acids is 2. The molecule has 2 heterocycles. The van der Waals surface area contributed by atoms with Gasteiger partial charge in [-0.15, -0.1) is 0 Å². The second-order valence-electron chi connectivity index (χ2n) is 6.75. The van der Waals surface area contributed by atoms with Crippen molar-refractivity contribution in [3.63, 3.8) is 0 Å². The summed E-state index contributed by atoms with van der Waals surface area (Å²) in [6.45, 7) is 1.66. The monoisotopic (exact) mass is 417 g/mol. The zero-order chi connectivity index (χ0) is 22.0. The van der Waals surface area contributed by atoms with Crippen molar-refractivity contribution < 1.29 is 23.8 Å². The first-order valence-electron chi connectivity index (χ1n) is 9.47. The van der Waals surface area contributed by atoms with Crippen LogP contribution in [0.15, 0.2) is 53.5 Å². The van der Waals surface area contributed by atoms with Crippen LogP contribution >= 0.6 is 0 Å². The molecule has 0 bridgehead atoms. The molecular formula is C23H19N3O5. The van der Waals surface area contributed by atoms with Gasteiger partial charge >= 0.3 is 5.97 Å².